The third kappa shape index (κ3) is 4.08. The summed E-state index contributed by atoms with van der Waals surface area (Å²) < 4.78 is 0. The van der Waals surface area contributed by atoms with Gasteiger partial charge in [0.05, 0.1) is 0 Å². The van der Waals surface area contributed by atoms with Crippen LogP contribution >= 0.6 is 0 Å². The van der Waals surface area contributed by atoms with Crippen molar-refractivity contribution in [2.75, 3.05) is 23.7 Å². The lowest BCUT2D eigenvalue weighted by atomic mass is 9.89. The number of hydrogen-bond donors (Lipinski definition) is 2. The van der Waals surface area contributed by atoms with Crippen molar-refractivity contribution in [3.05, 3.63) is 11.8 Å². The van der Waals surface area contributed by atoms with E-state index < -0.39 is 0 Å². The molecule has 0 aliphatic heterocycles. The zero-order valence-corrected chi connectivity index (χ0v) is 12.4. The van der Waals surface area contributed by atoms with E-state index in [1.54, 1.807) is 0 Å². The SMILES string of the molecule is CCCNc1nc(C)cc(NCC2(C)CCCC2)n1. The minimum atomic E-state index is 0.440. The minimum absolute atomic E-state index is 0.440. The lowest BCUT2D eigenvalue weighted by Crippen LogP contribution is -2.23. The predicted molar refractivity (Wildman–Crippen MR) is 80.6 cm³/mol. The van der Waals surface area contributed by atoms with E-state index in [0.29, 0.717) is 5.41 Å². The fourth-order valence-electron chi connectivity index (χ4n) is 2.68. The van der Waals surface area contributed by atoms with E-state index in [0.717, 1.165) is 37.0 Å². The van der Waals surface area contributed by atoms with Gasteiger partial charge in [-0.15, -0.1) is 0 Å². The summed E-state index contributed by atoms with van der Waals surface area (Å²) in [4.78, 5) is 8.94. The van der Waals surface area contributed by atoms with Crippen molar-refractivity contribution in [1.29, 1.82) is 0 Å². The Balaban J connectivity index is 1.97. The molecule has 1 fully saturated rings. The van der Waals surface area contributed by atoms with Crippen molar-refractivity contribution < 1.29 is 0 Å². The van der Waals surface area contributed by atoms with Gasteiger partial charge in [-0.25, -0.2) is 4.98 Å². The first-order valence-corrected chi connectivity index (χ1v) is 7.45. The number of aromatic nitrogens is 2. The van der Waals surface area contributed by atoms with Gasteiger partial charge in [-0.3, -0.25) is 0 Å². The molecule has 1 heterocycles. The topological polar surface area (TPSA) is 49.8 Å². The van der Waals surface area contributed by atoms with Crippen molar-refractivity contribution in [2.45, 2.75) is 52.9 Å². The number of hydrogen-bond acceptors (Lipinski definition) is 4. The Morgan fingerprint density at radius 2 is 1.95 bits per heavy atom. The highest BCUT2D eigenvalue weighted by molar-refractivity contribution is 5.42. The third-order valence-corrected chi connectivity index (χ3v) is 3.89. The van der Waals surface area contributed by atoms with E-state index in [9.17, 15) is 0 Å². The van der Waals surface area contributed by atoms with Crippen LogP contribution in [0.4, 0.5) is 11.8 Å². The first kappa shape index (κ1) is 14.1. The summed E-state index contributed by atoms with van der Waals surface area (Å²) in [7, 11) is 0. The molecule has 0 saturated heterocycles. The van der Waals surface area contributed by atoms with Crippen molar-refractivity contribution in [2.24, 2.45) is 5.41 Å². The summed E-state index contributed by atoms with van der Waals surface area (Å²) in [5.41, 5.74) is 1.45. The Morgan fingerprint density at radius 3 is 2.63 bits per heavy atom. The van der Waals surface area contributed by atoms with Gasteiger partial charge in [0.1, 0.15) is 5.82 Å². The Hall–Kier alpha value is -1.32. The summed E-state index contributed by atoms with van der Waals surface area (Å²) in [5.74, 6) is 1.68. The second kappa shape index (κ2) is 6.22. The number of aryl methyl sites for hydroxylation is 1. The van der Waals surface area contributed by atoms with E-state index in [1.165, 1.54) is 25.7 Å². The molecular weight excluding hydrogens is 236 g/mol. The molecule has 1 aliphatic rings. The quantitative estimate of drug-likeness (QED) is 0.822. The van der Waals surface area contributed by atoms with Gasteiger partial charge in [-0.1, -0.05) is 26.7 Å². The second-order valence-corrected chi connectivity index (χ2v) is 6.02. The molecule has 4 heteroatoms. The first-order chi connectivity index (χ1) is 9.11. The Bertz CT molecular complexity index is 411. The molecule has 4 nitrogen and oxygen atoms in total. The van der Waals surface area contributed by atoms with Crippen LogP contribution in [-0.4, -0.2) is 23.1 Å². The molecule has 1 aromatic heterocycles. The maximum Gasteiger partial charge on any atom is 0.224 e. The number of nitrogens with one attached hydrogen (secondary N) is 2. The van der Waals surface area contributed by atoms with Gasteiger partial charge < -0.3 is 10.6 Å². The molecule has 106 valence electrons. The smallest absolute Gasteiger partial charge is 0.224 e. The monoisotopic (exact) mass is 262 g/mol. The molecule has 1 saturated carbocycles. The summed E-state index contributed by atoms with van der Waals surface area (Å²) in [6.07, 6.45) is 6.46. The molecule has 19 heavy (non-hydrogen) atoms. The Kier molecular flexibility index (Phi) is 4.61. The summed E-state index contributed by atoms with van der Waals surface area (Å²) in [6, 6.07) is 2.02. The van der Waals surface area contributed by atoms with E-state index in [-0.39, 0.29) is 0 Å². The maximum atomic E-state index is 4.53. The van der Waals surface area contributed by atoms with Gasteiger partial charge in [0.15, 0.2) is 0 Å². The summed E-state index contributed by atoms with van der Waals surface area (Å²) in [6.45, 7) is 8.46. The van der Waals surface area contributed by atoms with Crippen molar-refractivity contribution in [3.8, 4) is 0 Å². The second-order valence-electron chi connectivity index (χ2n) is 6.02. The zero-order chi connectivity index (χ0) is 13.7. The fraction of sp³-hybridized carbons (Fsp3) is 0.733. The first-order valence-electron chi connectivity index (χ1n) is 7.45. The van der Waals surface area contributed by atoms with Crippen molar-refractivity contribution >= 4 is 11.8 Å². The molecule has 1 aromatic rings. The fourth-order valence-corrected chi connectivity index (χ4v) is 2.68. The molecule has 0 unspecified atom stereocenters. The van der Waals surface area contributed by atoms with Gasteiger partial charge >= 0.3 is 0 Å². The normalized spacial score (nSPS) is 17.4. The molecule has 2 rings (SSSR count). The molecular formula is C15H26N4. The van der Waals surface area contributed by atoms with Gasteiger partial charge in [0.2, 0.25) is 5.95 Å². The summed E-state index contributed by atoms with van der Waals surface area (Å²) >= 11 is 0. The lowest BCUT2D eigenvalue weighted by molar-refractivity contribution is 0.361. The molecule has 0 spiro atoms. The van der Waals surface area contributed by atoms with Crippen LogP contribution in [0.2, 0.25) is 0 Å². The minimum Gasteiger partial charge on any atom is -0.369 e. The van der Waals surface area contributed by atoms with E-state index in [1.807, 2.05) is 13.0 Å². The number of anilines is 2. The van der Waals surface area contributed by atoms with Gasteiger partial charge in [-0.2, -0.15) is 4.98 Å². The highest BCUT2D eigenvalue weighted by Gasteiger charge is 2.28. The maximum absolute atomic E-state index is 4.53. The molecule has 0 atom stereocenters. The molecule has 0 radical (unpaired) electrons. The van der Waals surface area contributed by atoms with Gasteiger partial charge in [0, 0.05) is 24.8 Å². The predicted octanol–water partition coefficient (Wildman–Crippen LogP) is 3.60. The largest absolute Gasteiger partial charge is 0.369 e. The Morgan fingerprint density at radius 1 is 1.21 bits per heavy atom. The van der Waals surface area contributed by atoms with Crippen LogP contribution in [0.1, 0.15) is 51.6 Å². The van der Waals surface area contributed by atoms with Crippen molar-refractivity contribution in [3.63, 3.8) is 0 Å². The van der Waals surface area contributed by atoms with Crippen LogP contribution in [-0.2, 0) is 0 Å². The van der Waals surface area contributed by atoms with E-state index in [4.69, 9.17) is 0 Å². The van der Waals surface area contributed by atoms with Crippen LogP contribution in [0.5, 0.6) is 0 Å². The number of nitrogens with zero attached hydrogens (tertiary/aromatic N) is 2. The van der Waals surface area contributed by atoms with Crippen LogP contribution < -0.4 is 10.6 Å². The van der Waals surface area contributed by atoms with Gasteiger partial charge in [0.25, 0.3) is 0 Å². The standard InChI is InChI=1S/C15H26N4/c1-4-9-16-14-18-12(2)10-13(19-14)17-11-15(3)7-5-6-8-15/h10H,4-9,11H2,1-3H3,(H2,16,17,18,19). The van der Waals surface area contributed by atoms with Crippen LogP contribution in [0, 0.1) is 12.3 Å². The molecule has 2 N–H and O–H groups in total. The van der Waals surface area contributed by atoms with Crippen molar-refractivity contribution in [1.82, 2.24) is 9.97 Å². The number of rotatable bonds is 6. The third-order valence-electron chi connectivity index (χ3n) is 3.89. The average Bonchev–Trinajstić information content (AvgIpc) is 2.81. The molecule has 0 amide bonds. The average molecular weight is 262 g/mol. The van der Waals surface area contributed by atoms with Gasteiger partial charge in [-0.05, 0) is 31.6 Å². The highest BCUT2D eigenvalue weighted by atomic mass is 15.1. The van der Waals surface area contributed by atoms with E-state index in [2.05, 4.69) is 34.4 Å². The van der Waals surface area contributed by atoms with Crippen LogP contribution in [0.3, 0.4) is 0 Å². The summed E-state index contributed by atoms with van der Waals surface area (Å²) in [5, 5.41) is 6.74. The molecule has 1 aliphatic carbocycles. The zero-order valence-electron chi connectivity index (χ0n) is 12.4. The van der Waals surface area contributed by atoms with Crippen LogP contribution in [0.25, 0.3) is 0 Å². The highest BCUT2D eigenvalue weighted by Crippen LogP contribution is 2.37. The van der Waals surface area contributed by atoms with E-state index >= 15 is 0 Å². The molecule has 0 aromatic carbocycles. The molecule has 0 bridgehead atoms. The Labute approximate surface area is 116 Å². The lowest BCUT2D eigenvalue weighted by Gasteiger charge is -2.24. The van der Waals surface area contributed by atoms with Crippen LogP contribution in [0.15, 0.2) is 6.07 Å².